The highest BCUT2D eigenvalue weighted by molar-refractivity contribution is 7.20. The molecule has 0 unspecified atom stereocenters. The average molecular weight is 426 g/mol. The third-order valence-corrected chi connectivity index (χ3v) is 6.77. The molecule has 1 aliphatic heterocycles. The molecule has 2 aromatic heterocycles. The molecule has 0 spiro atoms. The van der Waals surface area contributed by atoms with Gasteiger partial charge < -0.3 is 14.4 Å². The molecule has 0 N–H and O–H groups in total. The van der Waals surface area contributed by atoms with E-state index in [0.29, 0.717) is 29.1 Å². The molecule has 0 atom stereocenters. The molecule has 0 radical (unpaired) electrons. The predicted molar refractivity (Wildman–Crippen MR) is 120 cm³/mol. The lowest BCUT2D eigenvalue weighted by molar-refractivity contribution is 0.0988. The quantitative estimate of drug-likeness (QED) is 0.583. The van der Waals surface area contributed by atoms with Gasteiger partial charge in [0.25, 0.3) is 5.91 Å². The Morgan fingerprint density at radius 1 is 1.27 bits per heavy atom. The number of carbonyl (C=O) groups is 1. The highest BCUT2D eigenvalue weighted by Crippen LogP contribution is 2.38. The lowest BCUT2D eigenvalue weighted by Crippen LogP contribution is -2.35. The van der Waals surface area contributed by atoms with Crippen molar-refractivity contribution < 1.29 is 14.3 Å². The third-order valence-electron chi connectivity index (χ3n) is 5.60. The van der Waals surface area contributed by atoms with Crippen molar-refractivity contribution in [3.63, 3.8) is 0 Å². The Morgan fingerprint density at radius 3 is 2.77 bits per heavy atom. The molecule has 3 aromatic rings. The van der Waals surface area contributed by atoms with Gasteiger partial charge in [-0.25, -0.2) is 4.98 Å². The molecular weight excluding hydrogens is 398 g/mol. The van der Waals surface area contributed by atoms with Crippen LogP contribution >= 0.6 is 11.3 Å². The number of aromatic nitrogens is 2. The van der Waals surface area contributed by atoms with E-state index >= 15 is 0 Å². The maximum absolute atomic E-state index is 13.6. The summed E-state index contributed by atoms with van der Waals surface area (Å²) in [5.41, 5.74) is 4.45. The molecule has 0 saturated heterocycles. The zero-order chi connectivity index (χ0) is 21.4. The van der Waals surface area contributed by atoms with E-state index in [1.807, 2.05) is 11.8 Å². The van der Waals surface area contributed by atoms with Gasteiger partial charge in [0.05, 0.1) is 17.4 Å². The van der Waals surface area contributed by atoms with Crippen molar-refractivity contribution in [3.8, 4) is 5.88 Å². The van der Waals surface area contributed by atoms with Crippen molar-refractivity contribution >= 4 is 33.1 Å². The molecule has 1 amide bonds. The van der Waals surface area contributed by atoms with Crippen molar-refractivity contribution in [1.82, 2.24) is 9.97 Å². The Bertz CT molecular complexity index is 1110. The molecule has 1 aromatic carbocycles. The molecule has 1 aliphatic rings. The molecule has 6 nitrogen and oxygen atoms in total. The number of amides is 1. The van der Waals surface area contributed by atoms with E-state index in [1.54, 1.807) is 14.2 Å². The van der Waals surface area contributed by atoms with Crippen LogP contribution in [0, 0.1) is 6.92 Å². The van der Waals surface area contributed by atoms with E-state index in [0.717, 1.165) is 40.9 Å². The van der Waals surface area contributed by atoms with Gasteiger partial charge in [-0.1, -0.05) is 26.0 Å². The minimum Gasteiger partial charge on any atom is -0.480 e. The number of hydrogen-bond donors (Lipinski definition) is 0. The monoisotopic (exact) mass is 425 g/mol. The van der Waals surface area contributed by atoms with Gasteiger partial charge in [-0.3, -0.25) is 4.79 Å². The van der Waals surface area contributed by atoms with Crippen LogP contribution in [0.4, 0.5) is 5.69 Å². The molecule has 0 bridgehead atoms. The van der Waals surface area contributed by atoms with Gasteiger partial charge in [-0.15, -0.1) is 11.3 Å². The number of anilines is 1. The highest BCUT2D eigenvalue weighted by atomic mass is 32.1. The van der Waals surface area contributed by atoms with Gasteiger partial charge >= 0.3 is 0 Å². The van der Waals surface area contributed by atoms with Crippen LogP contribution in [0.5, 0.6) is 5.88 Å². The molecule has 0 saturated carbocycles. The van der Waals surface area contributed by atoms with Gasteiger partial charge in [0, 0.05) is 19.3 Å². The zero-order valence-corrected chi connectivity index (χ0v) is 18.9. The number of hydrogen-bond acceptors (Lipinski definition) is 6. The number of methoxy groups -OCH3 is 2. The van der Waals surface area contributed by atoms with E-state index < -0.39 is 0 Å². The van der Waals surface area contributed by atoms with Gasteiger partial charge in [0.2, 0.25) is 5.88 Å². The lowest BCUT2D eigenvalue weighted by Gasteiger charge is -2.30. The molecule has 7 heteroatoms. The van der Waals surface area contributed by atoms with E-state index in [1.165, 1.54) is 22.5 Å². The number of aryl methyl sites for hydroxylation is 2. The first-order valence-corrected chi connectivity index (χ1v) is 11.0. The summed E-state index contributed by atoms with van der Waals surface area (Å²) in [5, 5.41) is 0.804. The Morgan fingerprint density at radius 2 is 2.07 bits per heavy atom. The Hall–Kier alpha value is -2.51. The molecule has 0 aliphatic carbocycles. The van der Waals surface area contributed by atoms with E-state index in [4.69, 9.17) is 9.47 Å². The Balaban J connectivity index is 1.77. The highest BCUT2D eigenvalue weighted by Gasteiger charge is 2.28. The Kier molecular flexibility index (Phi) is 5.75. The maximum atomic E-state index is 13.6. The average Bonchev–Trinajstić information content (AvgIpc) is 3.08. The standard InChI is InChI=1S/C23H27N3O3S/c1-13(2)15-8-9-17-16(11-15)7-6-10-26(17)23(27)20-14(3)19-21(29-5)24-18(12-28-4)25-22(19)30-20/h8-9,11,13H,6-7,10,12H2,1-5H3. The van der Waals surface area contributed by atoms with Gasteiger partial charge in [0.1, 0.15) is 11.4 Å². The molecule has 0 fully saturated rings. The van der Waals surface area contributed by atoms with Crippen molar-refractivity contribution in [2.75, 3.05) is 25.7 Å². The molecule has 30 heavy (non-hydrogen) atoms. The van der Waals surface area contributed by atoms with Crippen LogP contribution in [0.3, 0.4) is 0 Å². The van der Waals surface area contributed by atoms with Crippen molar-refractivity contribution in [1.29, 1.82) is 0 Å². The predicted octanol–water partition coefficient (Wildman–Crippen LogP) is 4.87. The van der Waals surface area contributed by atoms with E-state index in [9.17, 15) is 4.79 Å². The summed E-state index contributed by atoms with van der Waals surface area (Å²) < 4.78 is 10.7. The Labute approximate surface area is 180 Å². The second kappa shape index (κ2) is 8.32. The number of ether oxygens (including phenoxy) is 2. The lowest BCUT2D eigenvalue weighted by atomic mass is 9.94. The van der Waals surface area contributed by atoms with Gasteiger partial charge in [-0.2, -0.15) is 4.98 Å². The first-order chi connectivity index (χ1) is 14.4. The zero-order valence-electron chi connectivity index (χ0n) is 18.1. The SMILES string of the molecule is COCc1nc(OC)c2c(C)c(C(=O)N3CCCc4cc(C(C)C)ccc43)sc2n1. The second-order valence-electron chi connectivity index (χ2n) is 7.92. The van der Waals surface area contributed by atoms with Crippen LogP contribution in [0.25, 0.3) is 10.2 Å². The summed E-state index contributed by atoms with van der Waals surface area (Å²) in [5.74, 6) is 1.52. The maximum Gasteiger partial charge on any atom is 0.268 e. The first kappa shape index (κ1) is 20.8. The van der Waals surface area contributed by atoms with Crippen LogP contribution in [-0.2, 0) is 17.8 Å². The normalized spacial score (nSPS) is 13.7. The number of carbonyl (C=O) groups excluding carboxylic acids is 1. The minimum absolute atomic E-state index is 0.0177. The number of nitrogens with zero attached hydrogens (tertiary/aromatic N) is 3. The topological polar surface area (TPSA) is 64.6 Å². The van der Waals surface area contributed by atoms with Crippen LogP contribution in [0.1, 0.15) is 58.4 Å². The summed E-state index contributed by atoms with van der Waals surface area (Å²) >= 11 is 1.40. The van der Waals surface area contributed by atoms with Crippen LogP contribution in [0.2, 0.25) is 0 Å². The molecule has 4 rings (SSSR count). The second-order valence-corrected chi connectivity index (χ2v) is 8.92. The minimum atomic E-state index is 0.0177. The summed E-state index contributed by atoms with van der Waals surface area (Å²) in [4.78, 5) is 26.0. The van der Waals surface area contributed by atoms with Crippen molar-refractivity contribution in [2.45, 2.75) is 46.1 Å². The number of fused-ring (bicyclic) bond motifs is 2. The summed E-state index contributed by atoms with van der Waals surface area (Å²) in [6.07, 6.45) is 1.97. The van der Waals surface area contributed by atoms with Crippen LogP contribution in [-0.4, -0.2) is 36.6 Å². The van der Waals surface area contributed by atoms with Crippen LogP contribution < -0.4 is 9.64 Å². The molecular formula is C23H27N3O3S. The third kappa shape index (κ3) is 3.56. The van der Waals surface area contributed by atoms with Crippen molar-refractivity contribution in [2.24, 2.45) is 0 Å². The fraction of sp³-hybridized carbons (Fsp3) is 0.435. The fourth-order valence-electron chi connectivity index (χ4n) is 4.00. The van der Waals surface area contributed by atoms with Gasteiger partial charge in [0.15, 0.2) is 5.82 Å². The number of thiophene rings is 1. The van der Waals surface area contributed by atoms with E-state index in [2.05, 4.69) is 42.0 Å². The summed E-state index contributed by atoms with van der Waals surface area (Å²) in [6.45, 7) is 7.35. The number of rotatable bonds is 5. The molecule has 3 heterocycles. The van der Waals surface area contributed by atoms with E-state index in [-0.39, 0.29) is 5.91 Å². The smallest absolute Gasteiger partial charge is 0.268 e. The van der Waals surface area contributed by atoms with Crippen molar-refractivity contribution in [3.05, 3.63) is 45.6 Å². The summed E-state index contributed by atoms with van der Waals surface area (Å²) in [6, 6.07) is 6.49. The largest absolute Gasteiger partial charge is 0.480 e. The van der Waals surface area contributed by atoms with Gasteiger partial charge in [-0.05, 0) is 48.4 Å². The fourth-order valence-corrected chi connectivity index (χ4v) is 5.14. The summed E-state index contributed by atoms with van der Waals surface area (Å²) in [7, 11) is 3.19. The van der Waals surface area contributed by atoms with Crippen LogP contribution in [0.15, 0.2) is 18.2 Å². The first-order valence-electron chi connectivity index (χ1n) is 10.2. The number of benzene rings is 1. The molecule has 158 valence electrons.